The molecule has 3 nitrogen and oxygen atoms in total. The zero-order valence-electron chi connectivity index (χ0n) is 10.9. The van der Waals surface area contributed by atoms with Crippen molar-refractivity contribution in [3.8, 4) is 0 Å². The molecule has 2 aliphatic rings. The topological polar surface area (TPSA) is 32.5 Å². The summed E-state index contributed by atoms with van der Waals surface area (Å²) in [6.07, 6.45) is 6.50. The number of rotatable bonds is 3. The van der Waals surface area contributed by atoms with Gasteiger partial charge in [-0.25, -0.2) is 0 Å². The van der Waals surface area contributed by atoms with Crippen LogP contribution in [0.25, 0.3) is 0 Å². The Hall–Kier alpha value is -0.120. The van der Waals surface area contributed by atoms with Gasteiger partial charge in [-0.15, -0.1) is 0 Å². The highest BCUT2D eigenvalue weighted by atomic mass is 15.1. The first kappa shape index (κ1) is 12.3. The zero-order valence-corrected chi connectivity index (χ0v) is 10.9. The molecule has 1 aliphatic heterocycles. The van der Waals surface area contributed by atoms with Crippen molar-refractivity contribution in [2.24, 2.45) is 11.7 Å². The van der Waals surface area contributed by atoms with Crippen molar-refractivity contribution in [3.05, 3.63) is 0 Å². The molecule has 0 aromatic heterocycles. The number of hydrogen-bond acceptors (Lipinski definition) is 3. The Balaban J connectivity index is 1.72. The van der Waals surface area contributed by atoms with Gasteiger partial charge >= 0.3 is 0 Å². The van der Waals surface area contributed by atoms with E-state index in [4.69, 9.17) is 5.73 Å². The molecule has 2 fully saturated rings. The van der Waals surface area contributed by atoms with E-state index in [2.05, 4.69) is 23.9 Å². The smallest absolute Gasteiger partial charge is 0.0108 e. The second kappa shape index (κ2) is 5.48. The summed E-state index contributed by atoms with van der Waals surface area (Å²) in [5.41, 5.74) is 5.98. The van der Waals surface area contributed by atoms with E-state index in [9.17, 15) is 0 Å². The minimum absolute atomic E-state index is 0.463. The standard InChI is InChI=1S/C13H27N3/c1-15-7-5-11(6-8-15)10-16(2)13-4-3-12(14)9-13/h11-13H,3-10,14H2,1-2H3. The second-order valence-electron chi connectivity index (χ2n) is 5.91. The van der Waals surface area contributed by atoms with Crippen molar-refractivity contribution in [2.75, 3.05) is 33.7 Å². The van der Waals surface area contributed by atoms with Crippen molar-refractivity contribution in [1.29, 1.82) is 0 Å². The van der Waals surface area contributed by atoms with E-state index >= 15 is 0 Å². The van der Waals surface area contributed by atoms with Gasteiger partial charge in [0.2, 0.25) is 0 Å². The molecule has 3 heteroatoms. The van der Waals surface area contributed by atoms with Crippen LogP contribution < -0.4 is 5.73 Å². The van der Waals surface area contributed by atoms with Crippen molar-refractivity contribution in [1.82, 2.24) is 9.80 Å². The predicted molar refractivity (Wildman–Crippen MR) is 68.5 cm³/mol. The first-order chi connectivity index (χ1) is 7.65. The third kappa shape index (κ3) is 3.19. The van der Waals surface area contributed by atoms with Crippen molar-refractivity contribution < 1.29 is 0 Å². The molecule has 1 heterocycles. The monoisotopic (exact) mass is 225 g/mol. The molecule has 1 aliphatic carbocycles. The van der Waals surface area contributed by atoms with Crippen LogP contribution in [0.15, 0.2) is 0 Å². The fourth-order valence-electron chi connectivity index (χ4n) is 3.19. The molecule has 0 radical (unpaired) electrons. The van der Waals surface area contributed by atoms with E-state index in [1.807, 2.05) is 0 Å². The third-order valence-corrected chi connectivity index (χ3v) is 4.45. The molecule has 16 heavy (non-hydrogen) atoms. The summed E-state index contributed by atoms with van der Waals surface area (Å²) in [4.78, 5) is 5.02. The summed E-state index contributed by atoms with van der Waals surface area (Å²) in [6, 6.07) is 1.22. The largest absolute Gasteiger partial charge is 0.328 e. The first-order valence-electron chi connectivity index (χ1n) is 6.79. The molecule has 2 N–H and O–H groups in total. The van der Waals surface area contributed by atoms with Gasteiger partial charge < -0.3 is 15.5 Å². The van der Waals surface area contributed by atoms with Gasteiger partial charge in [-0.1, -0.05) is 0 Å². The normalized spacial score (nSPS) is 33.8. The van der Waals surface area contributed by atoms with Crippen LogP contribution in [-0.2, 0) is 0 Å². The highest BCUT2D eigenvalue weighted by Crippen LogP contribution is 2.24. The Morgan fingerprint density at radius 1 is 1.19 bits per heavy atom. The molecule has 0 spiro atoms. The fraction of sp³-hybridized carbons (Fsp3) is 1.00. The zero-order chi connectivity index (χ0) is 11.5. The van der Waals surface area contributed by atoms with E-state index in [-0.39, 0.29) is 0 Å². The summed E-state index contributed by atoms with van der Waals surface area (Å²) >= 11 is 0. The maximum Gasteiger partial charge on any atom is 0.0108 e. The average molecular weight is 225 g/mol. The van der Waals surface area contributed by atoms with E-state index in [0.29, 0.717) is 6.04 Å². The predicted octanol–water partition coefficient (Wildman–Crippen LogP) is 1.14. The Labute approximate surface area is 100.0 Å². The Morgan fingerprint density at radius 2 is 1.88 bits per heavy atom. The summed E-state index contributed by atoms with van der Waals surface area (Å²) in [5, 5.41) is 0. The summed E-state index contributed by atoms with van der Waals surface area (Å²) < 4.78 is 0. The van der Waals surface area contributed by atoms with Gasteiger partial charge in [0.1, 0.15) is 0 Å². The second-order valence-corrected chi connectivity index (χ2v) is 5.91. The van der Waals surface area contributed by atoms with Crippen LogP contribution in [0.5, 0.6) is 0 Å². The van der Waals surface area contributed by atoms with Gasteiger partial charge in [-0.05, 0) is 65.2 Å². The Morgan fingerprint density at radius 3 is 2.44 bits per heavy atom. The Bertz CT molecular complexity index is 211. The number of nitrogens with two attached hydrogens (primary N) is 1. The minimum atomic E-state index is 0.463. The number of hydrogen-bond donors (Lipinski definition) is 1. The average Bonchev–Trinajstić information content (AvgIpc) is 2.68. The van der Waals surface area contributed by atoms with Gasteiger partial charge in [0, 0.05) is 18.6 Å². The Kier molecular flexibility index (Phi) is 4.22. The third-order valence-electron chi connectivity index (χ3n) is 4.45. The van der Waals surface area contributed by atoms with Gasteiger partial charge in [-0.2, -0.15) is 0 Å². The van der Waals surface area contributed by atoms with E-state index in [0.717, 1.165) is 12.0 Å². The van der Waals surface area contributed by atoms with Crippen LogP contribution in [-0.4, -0.2) is 55.6 Å². The van der Waals surface area contributed by atoms with Crippen molar-refractivity contribution in [3.63, 3.8) is 0 Å². The summed E-state index contributed by atoms with van der Waals surface area (Å²) in [5.74, 6) is 0.915. The molecule has 0 bridgehead atoms. The lowest BCUT2D eigenvalue weighted by Crippen LogP contribution is -2.39. The molecule has 2 rings (SSSR count). The van der Waals surface area contributed by atoms with Gasteiger partial charge in [0.05, 0.1) is 0 Å². The molecular formula is C13H27N3. The lowest BCUT2D eigenvalue weighted by molar-refractivity contribution is 0.150. The molecule has 1 saturated carbocycles. The number of likely N-dealkylation sites (tertiary alicyclic amines) is 1. The SMILES string of the molecule is CN1CCC(CN(C)C2CCC(N)C2)CC1. The highest BCUT2D eigenvalue weighted by Gasteiger charge is 2.27. The maximum absolute atomic E-state index is 5.98. The lowest BCUT2D eigenvalue weighted by atomic mass is 9.96. The molecule has 0 aromatic rings. The molecule has 0 amide bonds. The quantitative estimate of drug-likeness (QED) is 0.782. The van der Waals surface area contributed by atoms with Crippen LogP contribution >= 0.6 is 0 Å². The van der Waals surface area contributed by atoms with Crippen LogP contribution in [0, 0.1) is 5.92 Å². The highest BCUT2D eigenvalue weighted by molar-refractivity contribution is 4.85. The van der Waals surface area contributed by atoms with Crippen LogP contribution in [0.2, 0.25) is 0 Å². The lowest BCUT2D eigenvalue weighted by Gasteiger charge is -2.34. The maximum atomic E-state index is 5.98. The van der Waals surface area contributed by atoms with E-state index in [1.165, 1.54) is 51.7 Å². The molecular weight excluding hydrogens is 198 g/mol. The molecule has 2 atom stereocenters. The summed E-state index contributed by atoms with van der Waals surface area (Å²) in [6.45, 7) is 3.84. The van der Waals surface area contributed by atoms with E-state index < -0.39 is 0 Å². The fourth-order valence-corrected chi connectivity index (χ4v) is 3.19. The van der Waals surface area contributed by atoms with Gasteiger partial charge in [0.25, 0.3) is 0 Å². The van der Waals surface area contributed by atoms with Crippen LogP contribution in [0.1, 0.15) is 32.1 Å². The van der Waals surface area contributed by atoms with Crippen molar-refractivity contribution >= 4 is 0 Å². The van der Waals surface area contributed by atoms with E-state index in [1.54, 1.807) is 0 Å². The number of nitrogens with zero attached hydrogens (tertiary/aromatic N) is 2. The molecule has 0 aromatic carbocycles. The number of piperidine rings is 1. The van der Waals surface area contributed by atoms with Crippen LogP contribution in [0.4, 0.5) is 0 Å². The molecule has 94 valence electrons. The molecule has 1 saturated heterocycles. The van der Waals surface area contributed by atoms with Gasteiger partial charge in [0.15, 0.2) is 0 Å². The first-order valence-corrected chi connectivity index (χ1v) is 6.79. The molecule has 2 unspecified atom stereocenters. The van der Waals surface area contributed by atoms with Crippen LogP contribution in [0.3, 0.4) is 0 Å². The van der Waals surface area contributed by atoms with Gasteiger partial charge in [-0.3, -0.25) is 0 Å². The minimum Gasteiger partial charge on any atom is -0.328 e. The summed E-state index contributed by atoms with van der Waals surface area (Å²) in [7, 11) is 4.52. The van der Waals surface area contributed by atoms with Crippen molar-refractivity contribution in [2.45, 2.75) is 44.2 Å².